The minimum Gasteiger partial charge on any atom is -0.343 e. The van der Waals surface area contributed by atoms with Gasteiger partial charge in [0.2, 0.25) is 5.91 Å². The molecule has 1 aliphatic carbocycles. The molecule has 2 nitrogen and oxygen atoms in total. The predicted octanol–water partition coefficient (Wildman–Crippen LogP) is 5.03. The Morgan fingerprint density at radius 2 is 1.58 bits per heavy atom. The molecule has 1 unspecified atom stereocenters. The predicted molar refractivity (Wildman–Crippen MR) is 100 cm³/mol. The molecule has 0 saturated heterocycles. The van der Waals surface area contributed by atoms with Crippen LogP contribution >= 0.6 is 0 Å². The average molecular weight is 321 g/mol. The van der Waals surface area contributed by atoms with Gasteiger partial charge >= 0.3 is 0 Å². The SMILES string of the molecule is CCCN(CCC)C(=O)CC1Cc2ccccc2-c2ccccc21. The van der Waals surface area contributed by atoms with Crippen LogP contribution in [0, 0.1) is 0 Å². The zero-order chi connectivity index (χ0) is 16.9. The molecule has 3 rings (SSSR count). The Balaban J connectivity index is 1.86. The lowest BCUT2D eigenvalue weighted by atomic mass is 9.77. The minimum atomic E-state index is 0.291. The summed E-state index contributed by atoms with van der Waals surface area (Å²) in [4.78, 5) is 14.9. The minimum absolute atomic E-state index is 0.291. The summed E-state index contributed by atoms with van der Waals surface area (Å²) in [6, 6.07) is 17.2. The van der Waals surface area contributed by atoms with Crippen molar-refractivity contribution in [3.8, 4) is 11.1 Å². The van der Waals surface area contributed by atoms with E-state index in [2.05, 4.69) is 62.4 Å². The van der Waals surface area contributed by atoms with E-state index < -0.39 is 0 Å². The van der Waals surface area contributed by atoms with E-state index in [0.29, 0.717) is 18.2 Å². The third-order valence-electron chi connectivity index (χ3n) is 4.94. The highest BCUT2D eigenvalue weighted by atomic mass is 16.2. The number of rotatable bonds is 6. The Hall–Kier alpha value is -2.09. The van der Waals surface area contributed by atoms with Crippen molar-refractivity contribution < 1.29 is 4.79 Å². The van der Waals surface area contributed by atoms with Crippen LogP contribution < -0.4 is 0 Å². The smallest absolute Gasteiger partial charge is 0.223 e. The molecule has 0 saturated carbocycles. The Labute approximate surface area is 145 Å². The maximum atomic E-state index is 12.8. The summed E-state index contributed by atoms with van der Waals surface area (Å²) in [5.41, 5.74) is 5.33. The van der Waals surface area contributed by atoms with Crippen LogP contribution in [0.5, 0.6) is 0 Å². The number of benzene rings is 2. The van der Waals surface area contributed by atoms with Crippen molar-refractivity contribution in [3.63, 3.8) is 0 Å². The van der Waals surface area contributed by atoms with Crippen molar-refractivity contribution in [1.82, 2.24) is 4.90 Å². The molecule has 0 spiro atoms. The third kappa shape index (κ3) is 3.38. The second-order valence-electron chi connectivity index (χ2n) is 6.73. The molecular formula is C22H27NO. The summed E-state index contributed by atoms with van der Waals surface area (Å²) in [6.07, 6.45) is 3.63. The van der Waals surface area contributed by atoms with Crippen molar-refractivity contribution in [1.29, 1.82) is 0 Å². The van der Waals surface area contributed by atoms with Crippen LogP contribution in [-0.2, 0) is 11.2 Å². The van der Waals surface area contributed by atoms with Crippen LogP contribution in [-0.4, -0.2) is 23.9 Å². The lowest BCUT2D eigenvalue weighted by Gasteiger charge is -2.30. The fourth-order valence-corrected chi connectivity index (χ4v) is 3.86. The third-order valence-corrected chi connectivity index (χ3v) is 4.94. The summed E-state index contributed by atoms with van der Waals surface area (Å²) in [5.74, 6) is 0.595. The molecule has 0 fully saturated rings. The van der Waals surface area contributed by atoms with Gasteiger partial charge in [-0.1, -0.05) is 62.4 Å². The molecule has 0 heterocycles. The molecule has 0 bridgehead atoms. The second-order valence-corrected chi connectivity index (χ2v) is 6.73. The first-order valence-electron chi connectivity index (χ1n) is 9.19. The highest BCUT2D eigenvalue weighted by Gasteiger charge is 2.27. The molecular weight excluding hydrogens is 294 g/mol. The molecule has 1 atom stereocenters. The van der Waals surface area contributed by atoms with Crippen LogP contribution in [0.15, 0.2) is 48.5 Å². The number of amides is 1. The van der Waals surface area contributed by atoms with Gasteiger partial charge in [0.15, 0.2) is 0 Å². The zero-order valence-electron chi connectivity index (χ0n) is 14.8. The molecule has 0 N–H and O–H groups in total. The second kappa shape index (κ2) is 7.65. The molecule has 2 aromatic rings. The van der Waals surface area contributed by atoms with Gasteiger partial charge in [0.1, 0.15) is 0 Å². The van der Waals surface area contributed by atoms with Gasteiger partial charge in [0, 0.05) is 19.5 Å². The summed E-state index contributed by atoms with van der Waals surface area (Å²) in [5, 5.41) is 0. The topological polar surface area (TPSA) is 20.3 Å². The van der Waals surface area contributed by atoms with Crippen molar-refractivity contribution in [2.45, 2.75) is 45.4 Å². The molecule has 126 valence electrons. The Morgan fingerprint density at radius 1 is 0.958 bits per heavy atom. The summed E-state index contributed by atoms with van der Waals surface area (Å²) >= 11 is 0. The highest BCUT2D eigenvalue weighted by molar-refractivity contribution is 5.80. The van der Waals surface area contributed by atoms with E-state index in [1.807, 2.05) is 4.90 Å². The summed E-state index contributed by atoms with van der Waals surface area (Å²) in [7, 11) is 0. The molecule has 0 aromatic heterocycles. The number of hydrogen-bond donors (Lipinski definition) is 0. The van der Waals surface area contributed by atoms with E-state index in [4.69, 9.17) is 0 Å². The van der Waals surface area contributed by atoms with E-state index in [1.165, 1.54) is 22.3 Å². The number of fused-ring (bicyclic) bond motifs is 3. The van der Waals surface area contributed by atoms with Crippen molar-refractivity contribution >= 4 is 5.91 Å². The van der Waals surface area contributed by atoms with Gasteiger partial charge in [-0.05, 0) is 47.4 Å². The maximum absolute atomic E-state index is 12.8. The molecule has 1 aliphatic rings. The zero-order valence-corrected chi connectivity index (χ0v) is 14.8. The number of nitrogens with zero attached hydrogens (tertiary/aromatic N) is 1. The van der Waals surface area contributed by atoms with Crippen LogP contribution in [0.25, 0.3) is 11.1 Å². The Bertz CT molecular complexity index is 701. The molecule has 24 heavy (non-hydrogen) atoms. The molecule has 0 aliphatic heterocycles. The van der Waals surface area contributed by atoms with Gasteiger partial charge in [-0.2, -0.15) is 0 Å². The van der Waals surface area contributed by atoms with E-state index in [9.17, 15) is 4.79 Å². The Kier molecular flexibility index (Phi) is 5.34. The van der Waals surface area contributed by atoms with Gasteiger partial charge in [-0.3, -0.25) is 4.79 Å². The quantitative estimate of drug-likeness (QED) is 0.730. The normalized spacial score (nSPS) is 15.5. The fraction of sp³-hybridized carbons (Fsp3) is 0.409. The number of hydrogen-bond acceptors (Lipinski definition) is 1. The van der Waals surface area contributed by atoms with Gasteiger partial charge in [-0.25, -0.2) is 0 Å². The molecule has 2 aromatic carbocycles. The van der Waals surface area contributed by atoms with E-state index >= 15 is 0 Å². The lowest BCUT2D eigenvalue weighted by molar-refractivity contribution is -0.131. The highest BCUT2D eigenvalue weighted by Crippen LogP contribution is 2.41. The molecule has 1 amide bonds. The largest absolute Gasteiger partial charge is 0.343 e. The van der Waals surface area contributed by atoms with Gasteiger partial charge < -0.3 is 4.90 Å². The van der Waals surface area contributed by atoms with Crippen LogP contribution in [0.3, 0.4) is 0 Å². The molecule has 2 heteroatoms. The average Bonchev–Trinajstić information content (AvgIpc) is 2.61. The maximum Gasteiger partial charge on any atom is 0.223 e. The first-order valence-corrected chi connectivity index (χ1v) is 9.19. The standard InChI is InChI=1S/C22H27NO/c1-3-13-23(14-4-2)22(24)16-18-15-17-9-5-6-10-19(17)21-12-8-7-11-20(18)21/h5-12,18H,3-4,13-16H2,1-2H3. The first-order chi connectivity index (χ1) is 11.7. The van der Waals surface area contributed by atoms with Crippen molar-refractivity contribution in [2.75, 3.05) is 13.1 Å². The summed E-state index contributed by atoms with van der Waals surface area (Å²) < 4.78 is 0. The van der Waals surface area contributed by atoms with Gasteiger partial charge in [-0.15, -0.1) is 0 Å². The van der Waals surface area contributed by atoms with Crippen molar-refractivity contribution in [3.05, 3.63) is 59.7 Å². The van der Waals surface area contributed by atoms with Crippen molar-refractivity contribution in [2.24, 2.45) is 0 Å². The van der Waals surface area contributed by atoms with E-state index in [1.54, 1.807) is 0 Å². The first kappa shape index (κ1) is 16.8. The lowest BCUT2D eigenvalue weighted by Crippen LogP contribution is -2.34. The molecule has 0 radical (unpaired) electrons. The van der Waals surface area contributed by atoms with E-state index in [0.717, 1.165) is 32.4 Å². The fourth-order valence-electron chi connectivity index (χ4n) is 3.86. The van der Waals surface area contributed by atoms with E-state index in [-0.39, 0.29) is 0 Å². The monoisotopic (exact) mass is 321 g/mol. The van der Waals surface area contributed by atoms with Crippen LogP contribution in [0.2, 0.25) is 0 Å². The van der Waals surface area contributed by atoms with Gasteiger partial charge in [0.05, 0.1) is 0 Å². The summed E-state index contributed by atoms with van der Waals surface area (Å²) in [6.45, 7) is 6.03. The Morgan fingerprint density at radius 3 is 2.29 bits per heavy atom. The van der Waals surface area contributed by atoms with Gasteiger partial charge in [0.25, 0.3) is 0 Å². The number of carbonyl (C=O) groups is 1. The number of carbonyl (C=O) groups excluding carboxylic acids is 1. The van der Waals surface area contributed by atoms with Crippen LogP contribution in [0.1, 0.15) is 50.2 Å². The van der Waals surface area contributed by atoms with Crippen LogP contribution in [0.4, 0.5) is 0 Å².